The van der Waals surface area contributed by atoms with Crippen LogP contribution in [0.3, 0.4) is 0 Å². The third-order valence-electron chi connectivity index (χ3n) is 5.14. The Bertz CT molecular complexity index is 454. The minimum atomic E-state index is -0.169. The molecule has 1 aliphatic carbocycles. The molecule has 120 valence electrons. The molecule has 1 aliphatic rings. The molecule has 1 fully saturated rings. The molecule has 1 atom stereocenters. The van der Waals surface area contributed by atoms with Gasteiger partial charge in [-0.25, -0.2) is 4.98 Å². The van der Waals surface area contributed by atoms with E-state index in [9.17, 15) is 0 Å². The van der Waals surface area contributed by atoms with Crippen LogP contribution in [0.1, 0.15) is 55.1 Å². The van der Waals surface area contributed by atoms with Gasteiger partial charge in [0.05, 0.1) is 22.3 Å². The predicted octanol–water partition coefficient (Wildman–Crippen LogP) is 3.12. The van der Waals surface area contributed by atoms with E-state index < -0.39 is 0 Å². The molecule has 0 saturated heterocycles. The van der Waals surface area contributed by atoms with Crippen LogP contribution in [0.4, 0.5) is 0 Å². The summed E-state index contributed by atoms with van der Waals surface area (Å²) < 4.78 is 5.97. The van der Waals surface area contributed by atoms with Gasteiger partial charge < -0.3 is 4.74 Å². The standard InChI is InChI=1S/C16H29N3OS/c1-11-12(2)21-14(18-11)10-13(19-17)16(20-5)8-6-15(3,4)7-9-16/h13,19H,6-10,17H2,1-5H3. The van der Waals surface area contributed by atoms with Crippen molar-refractivity contribution < 1.29 is 4.74 Å². The van der Waals surface area contributed by atoms with Crippen LogP contribution in [0, 0.1) is 19.3 Å². The molecule has 5 heteroatoms. The zero-order valence-electron chi connectivity index (χ0n) is 14.0. The predicted molar refractivity (Wildman–Crippen MR) is 88.4 cm³/mol. The van der Waals surface area contributed by atoms with Gasteiger partial charge in [-0.3, -0.25) is 11.3 Å². The van der Waals surface area contributed by atoms with Crippen LogP contribution in [0.2, 0.25) is 0 Å². The van der Waals surface area contributed by atoms with E-state index in [-0.39, 0.29) is 11.6 Å². The fourth-order valence-electron chi connectivity index (χ4n) is 3.24. The number of nitrogens with zero attached hydrogens (tertiary/aromatic N) is 1. The summed E-state index contributed by atoms with van der Waals surface area (Å²) in [6.07, 6.45) is 5.29. The second-order valence-electron chi connectivity index (χ2n) is 7.11. The van der Waals surface area contributed by atoms with Gasteiger partial charge in [-0.1, -0.05) is 13.8 Å². The molecule has 1 saturated carbocycles. The largest absolute Gasteiger partial charge is 0.377 e. The second kappa shape index (κ2) is 6.32. The van der Waals surface area contributed by atoms with Crippen LogP contribution in [0.25, 0.3) is 0 Å². The Hall–Kier alpha value is -0.490. The maximum Gasteiger partial charge on any atom is 0.0948 e. The lowest BCUT2D eigenvalue weighted by Gasteiger charge is -2.46. The van der Waals surface area contributed by atoms with Crippen molar-refractivity contribution in [1.82, 2.24) is 10.4 Å². The van der Waals surface area contributed by atoms with Crippen molar-refractivity contribution in [2.24, 2.45) is 11.3 Å². The van der Waals surface area contributed by atoms with Crippen molar-refractivity contribution in [3.8, 4) is 0 Å². The summed E-state index contributed by atoms with van der Waals surface area (Å²) in [5.74, 6) is 5.87. The van der Waals surface area contributed by atoms with Crippen molar-refractivity contribution >= 4 is 11.3 Å². The Labute approximate surface area is 132 Å². The molecular formula is C16H29N3OS. The molecule has 0 spiro atoms. The number of aromatic nitrogens is 1. The smallest absolute Gasteiger partial charge is 0.0948 e. The van der Waals surface area contributed by atoms with Gasteiger partial charge in [0.15, 0.2) is 0 Å². The van der Waals surface area contributed by atoms with E-state index in [1.165, 1.54) is 17.7 Å². The molecule has 21 heavy (non-hydrogen) atoms. The molecule has 1 aromatic heterocycles. The van der Waals surface area contributed by atoms with Crippen molar-refractivity contribution in [2.45, 2.75) is 71.4 Å². The third kappa shape index (κ3) is 3.65. The van der Waals surface area contributed by atoms with Gasteiger partial charge in [-0.2, -0.15) is 0 Å². The van der Waals surface area contributed by atoms with Crippen molar-refractivity contribution in [1.29, 1.82) is 0 Å². The molecule has 1 heterocycles. The number of hydrazine groups is 1. The number of aryl methyl sites for hydroxylation is 2. The fourth-order valence-corrected chi connectivity index (χ4v) is 4.22. The van der Waals surface area contributed by atoms with Gasteiger partial charge in [-0.15, -0.1) is 11.3 Å². The van der Waals surface area contributed by atoms with Crippen LogP contribution >= 0.6 is 11.3 Å². The van der Waals surface area contributed by atoms with Crippen molar-refractivity contribution in [3.63, 3.8) is 0 Å². The minimum Gasteiger partial charge on any atom is -0.377 e. The van der Waals surface area contributed by atoms with Gasteiger partial charge >= 0.3 is 0 Å². The number of hydrogen-bond acceptors (Lipinski definition) is 5. The summed E-state index contributed by atoms with van der Waals surface area (Å²) in [5.41, 5.74) is 4.38. The molecule has 1 aromatic rings. The molecule has 1 unspecified atom stereocenters. The van der Waals surface area contributed by atoms with Gasteiger partial charge in [0.25, 0.3) is 0 Å². The quantitative estimate of drug-likeness (QED) is 0.648. The highest BCUT2D eigenvalue weighted by atomic mass is 32.1. The second-order valence-corrected chi connectivity index (χ2v) is 8.39. The van der Waals surface area contributed by atoms with E-state index in [4.69, 9.17) is 10.6 Å². The Morgan fingerprint density at radius 2 is 1.90 bits per heavy atom. The Kier molecular flexibility index (Phi) is 5.08. The number of hydrogen-bond donors (Lipinski definition) is 2. The van der Waals surface area contributed by atoms with Gasteiger partial charge in [-0.05, 0) is 44.9 Å². The summed E-state index contributed by atoms with van der Waals surface area (Å²) in [6, 6.07) is 0.114. The SMILES string of the molecule is COC1(C(Cc2nc(C)c(C)s2)NN)CCC(C)(C)CC1. The molecule has 0 bridgehead atoms. The van der Waals surface area contributed by atoms with E-state index in [0.717, 1.165) is 30.0 Å². The fraction of sp³-hybridized carbons (Fsp3) is 0.812. The first-order valence-corrected chi connectivity index (χ1v) is 8.58. The lowest BCUT2D eigenvalue weighted by molar-refractivity contribution is -0.0862. The third-order valence-corrected chi connectivity index (χ3v) is 6.24. The maximum absolute atomic E-state index is 5.97. The van der Waals surface area contributed by atoms with E-state index in [1.54, 1.807) is 11.3 Å². The van der Waals surface area contributed by atoms with Crippen LogP contribution in [0.15, 0.2) is 0 Å². The number of thiazole rings is 1. The molecule has 0 aromatic carbocycles. The summed E-state index contributed by atoms with van der Waals surface area (Å²) in [4.78, 5) is 5.94. The number of methoxy groups -OCH3 is 1. The average molecular weight is 311 g/mol. The molecule has 0 amide bonds. The topological polar surface area (TPSA) is 60.2 Å². The Morgan fingerprint density at radius 3 is 2.33 bits per heavy atom. The molecular weight excluding hydrogens is 282 g/mol. The maximum atomic E-state index is 5.97. The zero-order chi connectivity index (χ0) is 15.7. The summed E-state index contributed by atoms with van der Waals surface area (Å²) in [6.45, 7) is 8.86. The number of rotatable bonds is 5. The molecule has 0 aliphatic heterocycles. The first kappa shape index (κ1) is 16.9. The molecule has 0 radical (unpaired) electrons. The van der Waals surface area contributed by atoms with Crippen LogP contribution in [0.5, 0.6) is 0 Å². The van der Waals surface area contributed by atoms with E-state index in [2.05, 4.69) is 38.1 Å². The average Bonchev–Trinajstić information content (AvgIpc) is 2.76. The lowest BCUT2D eigenvalue weighted by atomic mass is 9.68. The van der Waals surface area contributed by atoms with E-state index in [1.807, 2.05) is 7.11 Å². The highest BCUT2D eigenvalue weighted by Crippen LogP contribution is 2.44. The Balaban J connectivity index is 2.14. The van der Waals surface area contributed by atoms with E-state index in [0.29, 0.717) is 5.41 Å². The lowest BCUT2D eigenvalue weighted by Crippen LogP contribution is -2.57. The normalized spacial score (nSPS) is 22.2. The molecule has 2 rings (SSSR count). The van der Waals surface area contributed by atoms with Gasteiger partial charge in [0.2, 0.25) is 0 Å². The first-order valence-electron chi connectivity index (χ1n) is 7.76. The first-order chi connectivity index (χ1) is 9.82. The summed E-state index contributed by atoms with van der Waals surface area (Å²) in [5, 5.41) is 1.15. The van der Waals surface area contributed by atoms with Crippen molar-refractivity contribution in [2.75, 3.05) is 7.11 Å². The highest BCUT2D eigenvalue weighted by molar-refractivity contribution is 7.11. The van der Waals surface area contributed by atoms with Crippen LogP contribution < -0.4 is 11.3 Å². The van der Waals surface area contributed by atoms with Crippen LogP contribution in [-0.2, 0) is 11.2 Å². The molecule has 3 N–H and O–H groups in total. The minimum absolute atomic E-state index is 0.114. The summed E-state index contributed by atoms with van der Waals surface area (Å²) >= 11 is 1.77. The van der Waals surface area contributed by atoms with Crippen LogP contribution in [-0.4, -0.2) is 23.7 Å². The van der Waals surface area contributed by atoms with Crippen molar-refractivity contribution in [3.05, 3.63) is 15.6 Å². The summed E-state index contributed by atoms with van der Waals surface area (Å²) in [7, 11) is 1.82. The van der Waals surface area contributed by atoms with E-state index >= 15 is 0 Å². The number of nitrogens with one attached hydrogen (secondary N) is 1. The van der Waals surface area contributed by atoms with Gasteiger partial charge in [0.1, 0.15) is 0 Å². The number of ether oxygens (including phenoxy) is 1. The molecule has 4 nitrogen and oxygen atoms in total. The zero-order valence-corrected chi connectivity index (χ0v) is 14.8. The van der Waals surface area contributed by atoms with Gasteiger partial charge in [0, 0.05) is 18.4 Å². The Morgan fingerprint density at radius 1 is 1.29 bits per heavy atom. The highest BCUT2D eigenvalue weighted by Gasteiger charge is 2.44. The monoisotopic (exact) mass is 311 g/mol. The number of nitrogens with two attached hydrogens (primary N) is 1.